The highest BCUT2D eigenvalue weighted by Gasteiger charge is 2.32. The second kappa shape index (κ2) is 8.04. The second-order valence-electron chi connectivity index (χ2n) is 5.33. The maximum atomic E-state index is 11.7. The molecule has 0 fully saturated rings. The summed E-state index contributed by atoms with van der Waals surface area (Å²) in [6, 6.07) is 14.1. The van der Waals surface area contributed by atoms with Gasteiger partial charge in [-0.1, -0.05) is 23.7 Å². The number of hydrogen-bond acceptors (Lipinski definition) is 4. The molecule has 0 aromatic heterocycles. The molecule has 2 N–H and O–H groups in total. The molecule has 0 saturated heterocycles. The Hall–Kier alpha value is -2.24. The van der Waals surface area contributed by atoms with E-state index in [2.05, 4.69) is 5.32 Å². The van der Waals surface area contributed by atoms with Crippen LogP contribution in [-0.2, 0) is 11.4 Å². The van der Waals surface area contributed by atoms with E-state index >= 15 is 0 Å². The Morgan fingerprint density at radius 2 is 1.71 bits per heavy atom. The Morgan fingerprint density at radius 1 is 1.12 bits per heavy atom. The van der Waals surface area contributed by atoms with Crippen molar-refractivity contribution in [1.82, 2.24) is 5.32 Å². The predicted molar refractivity (Wildman–Crippen MR) is 92.2 cm³/mol. The van der Waals surface area contributed by atoms with E-state index < -0.39 is 11.7 Å². The molecular formula is C18H20ClNO4. The predicted octanol–water partition coefficient (Wildman–Crippen LogP) is 3.14. The van der Waals surface area contributed by atoms with Crippen LogP contribution in [0, 0.1) is 0 Å². The van der Waals surface area contributed by atoms with Gasteiger partial charge in [-0.3, -0.25) is 4.79 Å². The molecule has 1 atom stereocenters. The topological polar surface area (TPSA) is 67.8 Å². The van der Waals surface area contributed by atoms with Crippen molar-refractivity contribution in [1.29, 1.82) is 0 Å². The van der Waals surface area contributed by atoms with Crippen molar-refractivity contribution in [2.24, 2.45) is 0 Å². The maximum Gasteiger partial charge on any atom is 0.292 e. The fourth-order valence-corrected chi connectivity index (χ4v) is 2.08. The number of rotatable bonds is 7. The quantitative estimate of drug-likeness (QED) is 0.753. The largest absolute Gasteiger partial charge is 0.489 e. The number of carbonyl (C=O) groups is 1. The van der Waals surface area contributed by atoms with Crippen LogP contribution in [-0.4, -0.2) is 23.3 Å². The van der Waals surface area contributed by atoms with Crippen molar-refractivity contribution in [2.45, 2.75) is 26.2 Å². The first kappa shape index (κ1) is 18.1. The van der Waals surface area contributed by atoms with Crippen LogP contribution < -0.4 is 14.8 Å². The molecule has 6 heteroatoms. The Morgan fingerprint density at radius 3 is 2.29 bits per heavy atom. The van der Waals surface area contributed by atoms with Crippen LogP contribution in [0.4, 0.5) is 0 Å². The molecule has 0 spiro atoms. The van der Waals surface area contributed by atoms with Crippen molar-refractivity contribution in [3.8, 4) is 11.5 Å². The van der Waals surface area contributed by atoms with Gasteiger partial charge in [0.2, 0.25) is 0 Å². The Kier molecular flexibility index (Phi) is 6.06. The molecular weight excluding hydrogens is 330 g/mol. The minimum Gasteiger partial charge on any atom is -0.489 e. The van der Waals surface area contributed by atoms with Crippen LogP contribution >= 0.6 is 11.6 Å². The molecule has 2 rings (SSSR count). The number of hydrogen-bond donors (Lipinski definition) is 2. The van der Waals surface area contributed by atoms with E-state index in [0.717, 1.165) is 11.3 Å². The van der Waals surface area contributed by atoms with Crippen LogP contribution in [0.15, 0.2) is 48.5 Å². The van der Waals surface area contributed by atoms with Crippen molar-refractivity contribution < 1.29 is 19.4 Å². The van der Waals surface area contributed by atoms with E-state index in [1.54, 1.807) is 55.5 Å². The van der Waals surface area contributed by atoms with E-state index in [1.807, 2.05) is 0 Å². The van der Waals surface area contributed by atoms with Gasteiger partial charge < -0.3 is 19.9 Å². The maximum absolute atomic E-state index is 11.7. The van der Waals surface area contributed by atoms with Gasteiger partial charge in [-0.2, -0.15) is 0 Å². The molecule has 2 aromatic rings. The minimum atomic E-state index is -1.92. The number of amides is 1. The fraction of sp³-hybridized carbons (Fsp3) is 0.278. The molecule has 1 unspecified atom stereocenters. The van der Waals surface area contributed by atoms with Gasteiger partial charge in [-0.15, -0.1) is 0 Å². The first-order valence-electron chi connectivity index (χ1n) is 7.57. The molecule has 0 aliphatic heterocycles. The van der Waals surface area contributed by atoms with Gasteiger partial charge in [0, 0.05) is 18.5 Å². The van der Waals surface area contributed by atoms with Gasteiger partial charge in [0.25, 0.3) is 11.7 Å². The smallest absolute Gasteiger partial charge is 0.292 e. The van der Waals surface area contributed by atoms with Crippen molar-refractivity contribution in [2.75, 3.05) is 6.54 Å². The summed E-state index contributed by atoms with van der Waals surface area (Å²) in [5, 5.41) is 13.2. The van der Waals surface area contributed by atoms with E-state index in [4.69, 9.17) is 21.1 Å². The third kappa shape index (κ3) is 5.15. The van der Waals surface area contributed by atoms with E-state index in [9.17, 15) is 9.90 Å². The van der Waals surface area contributed by atoms with E-state index in [0.29, 0.717) is 23.9 Å². The van der Waals surface area contributed by atoms with E-state index in [1.165, 1.54) is 6.92 Å². The summed E-state index contributed by atoms with van der Waals surface area (Å²) in [6.07, 6.45) is 0. The highest BCUT2D eigenvalue weighted by atomic mass is 35.5. The summed E-state index contributed by atoms with van der Waals surface area (Å²) in [5.41, 5.74) is 0.926. The lowest BCUT2D eigenvalue weighted by atomic mass is 10.2. The Labute approximate surface area is 146 Å². The number of carbonyl (C=O) groups excluding carboxylic acids is 1. The van der Waals surface area contributed by atoms with Gasteiger partial charge in [0.15, 0.2) is 0 Å². The minimum absolute atomic E-state index is 0.384. The summed E-state index contributed by atoms with van der Waals surface area (Å²) in [5.74, 6) is -1.39. The Balaban J connectivity index is 1.92. The summed E-state index contributed by atoms with van der Waals surface area (Å²) in [4.78, 5) is 11.7. The number of halogens is 1. The molecule has 128 valence electrons. The number of nitrogens with one attached hydrogen (secondary N) is 1. The molecule has 0 aliphatic rings. The first-order chi connectivity index (χ1) is 11.4. The molecule has 0 bridgehead atoms. The summed E-state index contributed by atoms with van der Waals surface area (Å²) in [7, 11) is 0. The van der Waals surface area contributed by atoms with Gasteiger partial charge in [0.1, 0.15) is 18.1 Å². The van der Waals surface area contributed by atoms with Gasteiger partial charge in [-0.25, -0.2) is 0 Å². The highest BCUT2D eigenvalue weighted by Crippen LogP contribution is 2.20. The first-order valence-corrected chi connectivity index (χ1v) is 7.95. The van der Waals surface area contributed by atoms with Crippen molar-refractivity contribution in [3.63, 3.8) is 0 Å². The zero-order valence-electron chi connectivity index (χ0n) is 13.6. The summed E-state index contributed by atoms with van der Waals surface area (Å²) >= 11 is 5.82. The van der Waals surface area contributed by atoms with E-state index in [-0.39, 0.29) is 0 Å². The van der Waals surface area contributed by atoms with Gasteiger partial charge >= 0.3 is 0 Å². The number of likely N-dealkylation sites (N-methyl/N-ethyl adjacent to an activating group) is 1. The zero-order chi connectivity index (χ0) is 17.6. The van der Waals surface area contributed by atoms with Crippen LogP contribution in [0.1, 0.15) is 19.4 Å². The second-order valence-corrected chi connectivity index (χ2v) is 5.77. The molecule has 0 aliphatic carbocycles. The zero-order valence-corrected chi connectivity index (χ0v) is 14.3. The molecule has 0 saturated carbocycles. The third-order valence-electron chi connectivity index (χ3n) is 3.22. The lowest BCUT2D eigenvalue weighted by Gasteiger charge is -2.23. The number of aliphatic hydroxyl groups is 1. The lowest BCUT2D eigenvalue weighted by molar-refractivity contribution is -0.169. The average Bonchev–Trinajstić information content (AvgIpc) is 2.55. The molecule has 0 radical (unpaired) electrons. The van der Waals surface area contributed by atoms with Gasteiger partial charge in [-0.05, 0) is 48.9 Å². The average molecular weight is 350 g/mol. The van der Waals surface area contributed by atoms with Crippen LogP contribution in [0.5, 0.6) is 11.5 Å². The molecule has 2 aromatic carbocycles. The third-order valence-corrected chi connectivity index (χ3v) is 3.47. The van der Waals surface area contributed by atoms with Crippen LogP contribution in [0.2, 0.25) is 5.02 Å². The van der Waals surface area contributed by atoms with Crippen molar-refractivity contribution >= 4 is 17.5 Å². The summed E-state index contributed by atoms with van der Waals surface area (Å²) in [6.45, 7) is 3.87. The van der Waals surface area contributed by atoms with Crippen LogP contribution in [0.3, 0.4) is 0 Å². The number of benzene rings is 2. The summed E-state index contributed by atoms with van der Waals surface area (Å²) < 4.78 is 11.0. The normalized spacial score (nSPS) is 13.0. The standard InChI is InChI=1S/C18H20ClNO4/c1-3-20-17(21)18(2,22)24-16-8-4-13(5-9-16)12-23-15-10-6-14(19)7-11-15/h4-11,22H,3,12H2,1-2H3,(H,20,21). The fourth-order valence-electron chi connectivity index (χ4n) is 1.95. The monoisotopic (exact) mass is 349 g/mol. The SMILES string of the molecule is CCNC(=O)C(C)(O)Oc1ccc(COc2ccc(Cl)cc2)cc1. The van der Waals surface area contributed by atoms with Crippen LogP contribution in [0.25, 0.3) is 0 Å². The molecule has 1 amide bonds. The molecule has 5 nitrogen and oxygen atoms in total. The highest BCUT2D eigenvalue weighted by molar-refractivity contribution is 6.30. The molecule has 24 heavy (non-hydrogen) atoms. The Bertz CT molecular complexity index is 668. The van der Waals surface area contributed by atoms with Gasteiger partial charge in [0.05, 0.1) is 0 Å². The molecule has 0 heterocycles. The lowest BCUT2D eigenvalue weighted by Crippen LogP contribution is -2.48. The number of ether oxygens (including phenoxy) is 2. The van der Waals surface area contributed by atoms with Crippen molar-refractivity contribution in [3.05, 3.63) is 59.1 Å².